The number of barbiturate groups is 1. The first-order chi connectivity index (χ1) is 14.0. The van der Waals surface area contributed by atoms with Crippen LogP contribution >= 0.6 is 37.2 Å². The van der Waals surface area contributed by atoms with Crippen LogP contribution in [0.5, 0.6) is 5.88 Å². The third-order valence-electron chi connectivity index (χ3n) is 4.31. The second kappa shape index (κ2) is 12.0. The van der Waals surface area contributed by atoms with Gasteiger partial charge in [0.2, 0.25) is 0 Å². The second-order valence-electron chi connectivity index (χ2n) is 6.26. The highest BCUT2D eigenvalue weighted by Gasteiger charge is 2.37. The lowest BCUT2D eigenvalue weighted by atomic mass is 10.1. The molecule has 0 unspecified atom stereocenters. The van der Waals surface area contributed by atoms with Crippen molar-refractivity contribution in [3.8, 4) is 5.88 Å². The molecule has 0 saturated carbocycles. The van der Waals surface area contributed by atoms with Crippen LogP contribution in [-0.4, -0.2) is 50.9 Å². The number of allylic oxidation sites excluding steroid dienone is 4. The Hall–Kier alpha value is -2.23. The second-order valence-corrected chi connectivity index (χ2v) is 6.26. The van der Waals surface area contributed by atoms with Crippen LogP contribution in [0.1, 0.15) is 19.9 Å². The Morgan fingerprint density at radius 2 is 1.39 bits per heavy atom. The van der Waals surface area contributed by atoms with E-state index in [9.17, 15) is 29.1 Å². The number of hydrogen-bond acceptors (Lipinski definition) is 6. The SMILES string of the molecule is C.CC(/C=C/c1c([O-])n(C)c(=O)n(C)c1=O)=C\C=C1C(=O)N(C)C(=O)N(C)C1=O.II. The lowest BCUT2D eigenvalue weighted by Gasteiger charge is -2.28. The highest BCUT2D eigenvalue weighted by Crippen LogP contribution is 2.15. The van der Waals surface area contributed by atoms with E-state index < -0.39 is 35.0 Å². The predicted octanol–water partition coefficient (Wildman–Crippen LogP) is 1.50. The van der Waals surface area contributed by atoms with Gasteiger partial charge in [0.15, 0.2) is 0 Å². The van der Waals surface area contributed by atoms with Gasteiger partial charge in [0.1, 0.15) is 5.57 Å². The van der Waals surface area contributed by atoms with Gasteiger partial charge in [-0.25, -0.2) is 9.59 Å². The van der Waals surface area contributed by atoms with Gasteiger partial charge in [-0.3, -0.25) is 28.8 Å². The van der Waals surface area contributed by atoms with Crippen molar-refractivity contribution < 1.29 is 19.5 Å². The summed E-state index contributed by atoms with van der Waals surface area (Å²) in [5.74, 6) is -2.18. The summed E-state index contributed by atoms with van der Waals surface area (Å²) in [6, 6.07) is -0.721. The fraction of sp³-hybridized carbons (Fsp3) is 0.316. The van der Waals surface area contributed by atoms with E-state index in [0.717, 1.165) is 18.9 Å². The quantitative estimate of drug-likeness (QED) is 0.210. The molecule has 1 aliphatic rings. The minimum atomic E-state index is -0.727. The molecule has 0 aliphatic carbocycles. The summed E-state index contributed by atoms with van der Waals surface area (Å²) < 4.78 is 1.65. The van der Waals surface area contributed by atoms with E-state index in [-0.39, 0.29) is 18.6 Å². The van der Waals surface area contributed by atoms with E-state index >= 15 is 0 Å². The van der Waals surface area contributed by atoms with E-state index in [4.69, 9.17) is 0 Å². The third kappa shape index (κ3) is 5.93. The Balaban J connectivity index is 0.00000291. The topological polar surface area (TPSA) is 125 Å². The molecule has 1 aliphatic heterocycles. The molecular weight excluding hydrogens is 634 g/mol. The highest BCUT2D eigenvalue weighted by molar-refractivity contribution is 15.0. The molecule has 0 atom stereocenters. The summed E-state index contributed by atoms with van der Waals surface area (Å²) in [5.41, 5.74) is -1.32. The molecule has 0 spiro atoms. The van der Waals surface area contributed by atoms with Crippen LogP contribution in [0.4, 0.5) is 4.79 Å². The fourth-order valence-electron chi connectivity index (χ4n) is 2.47. The Kier molecular flexibility index (Phi) is 11.1. The van der Waals surface area contributed by atoms with Crippen molar-refractivity contribution in [2.24, 2.45) is 14.1 Å². The van der Waals surface area contributed by atoms with E-state index in [1.165, 1.54) is 52.5 Å². The molecule has 10 nitrogen and oxygen atoms in total. The zero-order chi connectivity index (χ0) is 23.3. The van der Waals surface area contributed by atoms with Gasteiger partial charge in [-0.15, -0.1) is 0 Å². The number of carbonyl (C=O) groups excluding carboxylic acids is 3. The Bertz CT molecular complexity index is 1070. The summed E-state index contributed by atoms with van der Waals surface area (Å²) in [6.07, 6.45) is 5.41. The van der Waals surface area contributed by atoms with Crippen molar-refractivity contribution in [3.05, 3.63) is 55.8 Å². The number of urea groups is 1. The normalized spacial score (nSPS) is 14.5. The Morgan fingerprint density at radius 1 is 0.903 bits per heavy atom. The molecule has 1 aromatic rings. The molecule has 4 amide bonds. The van der Waals surface area contributed by atoms with Crippen LogP contribution in [0, 0.1) is 0 Å². The molecule has 170 valence electrons. The van der Waals surface area contributed by atoms with Crippen LogP contribution in [0.15, 0.2) is 39.0 Å². The van der Waals surface area contributed by atoms with E-state index in [1.807, 2.05) is 0 Å². The standard InChI is InChI=1S/C18H20N4O6.CH4.I2/c1-10(6-8-11-13(23)19(2)17(27)20(3)14(11)24)7-9-12-15(25)21(4)18(28)22(5)16(12)26;;1-2/h6-9,23H,1-5H3;1H4;/p-1/b8-6+,10-7+;;. The number of nitrogens with zero attached hydrogens (tertiary/aromatic N) is 4. The Morgan fingerprint density at radius 3 is 1.87 bits per heavy atom. The number of imide groups is 2. The average Bonchev–Trinajstić information content (AvgIpc) is 2.74. The maximum absolute atomic E-state index is 12.1. The van der Waals surface area contributed by atoms with Gasteiger partial charge in [0, 0.05) is 71.0 Å². The van der Waals surface area contributed by atoms with Gasteiger partial charge >= 0.3 is 11.7 Å². The molecule has 2 heterocycles. The maximum Gasteiger partial charge on any atom is 0.333 e. The average molecular weight is 657 g/mol. The fourth-order valence-corrected chi connectivity index (χ4v) is 2.47. The summed E-state index contributed by atoms with van der Waals surface area (Å²) in [4.78, 5) is 61.4. The summed E-state index contributed by atoms with van der Waals surface area (Å²) in [6.45, 7) is 1.63. The number of halogens is 2. The molecule has 12 heteroatoms. The molecule has 1 saturated heterocycles. The molecular formula is C19H23I2N4O6-. The monoisotopic (exact) mass is 657 g/mol. The number of rotatable bonds is 3. The van der Waals surface area contributed by atoms with Gasteiger partial charge in [0.25, 0.3) is 17.4 Å². The minimum absolute atomic E-state index is 0. The first-order valence-electron chi connectivity index (χ1n) is 8.27. The molecule has 0 aromatic carbocycles. The van der Waals surface area contributed by atoms with E-state index in [1.54, 1.807) is 6.92 Å². The first-order valence-corrected chi connectivity index (χ1v) is 14.6. The van der Waals surface area contributed by atoms with Crippen molar-refractivity contribution in [1.82, 2.24) is 18.9 Å². The summed E-state index contributed by atoms with van der Waals surface area (Å²) >= 11 is 4.24. The van der Waals surface area contributed by atoms with Gasteiger partial charge < -0.3 is 9.67 Å². The van der Waals surface area contributed by atoms with Crippen molar-refractivity contribution >= 4 is 61.2 Å². The van der Waals surface area contributed by atoms with E-state index in [2.05, 4.69) is 37.2 Å². The van der Waals surface area contributed by atoms with Crippen LogP contribution in [0.25, 0.3) is 6.08 Å². The first kappa shape index (κ1) is 28.8. The molecule has 0 radical (unpaired) electrons. The molecule has 0 N–H and O–H groups in total. The zero-order valence-corrected chi connectivity index (χ0v) is 21.1. The Labute approximate surface area is 202 Å². The predicted molar refractivity (Wildman–Crippen MR) is 133 cm³/mol. The van der Waals surface area contributed by atoms with Crippen LogP contribution < -0.4 is 16.4 Å². The number of likely N-dealkylation sites (N-methyl/N-ethyl adjacent to an activating group) is 2. The summed E-state index contributed by atoms with van der Waals surface area (Å²) in [7, 11) is 5.07. The van der Waals surface area contributed by atoms with Crippen LogP contribution in [-0.2, 0) is 23.7 Å². The lowest BCUT2D eigenvalue weighted by molar-refractivity contribution is -0.280. The van der Waals surface area contributed by atoms with Crippen LogP contribution in [0.2, 0.25) is 0 Å². The molecule has 0 bridgehead atoms. The number of carbonyl (C=O) groups is 3. The molecule has 1 aromatic heterocycles. The smallest absolute Gasteiger partial charge is 0.333 e. The minimum Gasteiger partial charge on any atom is -0.859 e. The number of aromatic nitrogens is 2. The van der Waals surface area contributed by atoms with Crippen molar-refractivity contribution in [2.45, 2.75) is 14.4 Å². The van der Waals surface area contributed by atoms with Gasteiger partial charge in [-0.05, 0) is 25.0 Å². The van der Waals surface area contributed by atoms with Gasteiger partial charge in [-0.2, -0.15) is 0 Å². The third-order valence-corrected chi connectivity index (χ3v) is 4.31. The maximum atomic E-state index is 12.1. The van der Waals surface area contributed by atoms with Gasteiger partial charge in [0.05, 0.1) is 0 Å². The van der Waals surface area contributed by atoms with Crippen molar-refractivity contribution in [1.29, 1.82) is 0 Å². The van der Waals surface area contributed by atoms with Crippen LogP contribution in [0.3, 0.4) is 0 Å². The van der Waals surface area contributed by atoms with Crippen molar-refractivity contribution in [2.75, 3.05) is 14.1 Å². The zero-order valence-electron chi connectivity index (χ0n) is 16.8. The molecule has 2 rings (SSSR count). The number of amides is 4. The summed E-state index contributed by atoms with van der Waals surface area (Å²) in [5, 5.41) is 12.1. The molecule has 1 fully saturated rings. The van der Waals surface area contributed by atoms with E-state index in [0.29, 0.717) is 5.57 Å². The lowest BCUT2D eigenvalue weighted by Crippen LogP contribution is -2.52. The highest BCUT2D eigenvalue weighted by atomic mass is 128. The largest absolute Gasteiger partial charge is 0.859 e. The number of hydrogen-bond donors (Lipinski definition) is 0. The van der Waals surface area contributed by atoms with Crippen molar-refractivity contribution in [3.63, 3.8) is 0 Å². The molecule has 31 heavy (non-hydrogen) atoms. The van der Waals surface area contributed by atoms with Gasteiger partial charge in [-0.1, -0.05) is 25.2 Å².